The van der Waals surface area contributed by atoms with Gasteiger partial charge in [0.2, 0.25) is 0 Å². The highest BCUT2D eigenvalue weighted by molar-refractivity contribution is 5.82. The van der Waals surface area contributed by atoms with Crippen molar-refractivity contribution in [3.05, 3.63) is 51.7 Å². The number of nitrogens with zero attached hydrogens (tertiary/aromatic N) is 2. The van der Waals surface area contributed by atoms with E-state index in [0.29, 0.717) is 63.4 Å². The van der Waals surface area contributed by atoms with Crippen LogP contribution < -0.4 is 10.5 Å². The lowest BCUT2D eigenvalue weighted by Gasteiger charge is -2.36. The fraction of sp³-hybridized carbons (Fsp3) is 0.520. The highest BCUT2D eigenvalue weighted by Crippen LogP contribution is 2.35. The highest BCUT2D eigenvalue weighted by Gasteiger charge is 2.36. The molecule has 1 fully saturated rings. The Morgan fingerprint density at radius 1 is 1.23 bits per heavy atom. The maximum atomic E-state index is 13.4. The van der Waals surface area contributed by atoms with Gasteiger partial charge in [-0.25, -0.2) is 4.98 Å². The summed E-state index contributed by atoms with van der Waals surface area (Å²) in [4.78, 5) is 19.5. The minimum Gasteiger partial charge on any atom is -0.488 e. The third-order valence-corrected chi connectivity index (χ3v) is 6.98. The van der Waals surface area contributed by atoms with E-state index in [4.69, 9.17) is 19.9 Å². The van der Waals surface area contributed by atoms with Gasteiger partial charge in [0.15, 0.2) is 0 Å². The molecule has 0 radical (unpaired) electrons. The lowest BCUT2D eigenvalue weighted by Crippen LogP contribution is -2.50. The first kappa shape index (κ1) is 23.9. The second-order valence-electron chi connectivity index (χ2n) is 9.22. The molecule has 0 aliphatic carbocycles. The number of likely N-dealkylation sites (tertiary alicyclic amines) is 1. The zero-order chi connectivity index (χ0) is 24.7. The summed E-state index contributed by atoms with van der Waals surface area (Å²) in [5.41, 5.74) is 9.61. The van der Waals surface area contributed by atoms with Gasteiger partial charge in [-0.2, -0.15) is 13.2 Å². The molecule has 1 aromatic carbocycles. The number of pyridine rings is 1. The molecule has 5 rings (SSSR count). The van der Waals surface area contributed by atoms with Crippen molar-refractivity contribution in [2.24, 2.45) is 0 Å². The Morgan fingerprint density at radius 2 is 2.03 bits per heavy atom. The van der Waals surface area contributed by atoms with Crippen molar-refractivity contribution < 1.29 is 32.2 Å². The van der Waals surface area contributed by atoms with Crippen LogP contribution in [0.4, 0.5) is 19.0 Å². The molecule has 188 valence electrons. The normalized spacial score (nSPS) is 22.0. The number of halogens is 3. The average Bonchev–Trinajstić information content (AvgIpc) is 3.34. The molecule has 3 aliphatic rings. The summed E-state index contributed by atoms with van der Waals surface area (Å²) in [7, 11) is 0. The number of piperidine rings is 1. The molecule has 1 amide bonds. The van der Waals surface area contributed by atoms with E-state index < -0.39 is 23.9 Å². The van der Waals surface area contributed by atoms with Crippen LogP contribution in [0.1, 0.15) is 53.3 Å². The number of aryl methyl sites for hydroxylation is 1. The Hall–Kier alpha value is -2.85. The molecule has 2 aromatic rings. The molecular weight excluding hydrogens is 463 g/mol. The molecule has 35 heavy (non-hydrogen) atoms. The van der Waals surface area contributed by atoms with Gasteiger partial charge in [0.05, 0.1) is 37.6 Å². The number of aromatic nitrogens is 1. The zero-order valence-electron chi connectivity index (χ0n) is 19.5. The van der Waals surface area contributed by atoms with E-state index in [1.165, 1.54) is 6.07 Å². The van der Waals surface area contributed by atoms with E-state index in [-0.39, 0.29) is 18.3 Å². The average molecular weight is 492 g/mol. The molecule has 0 spiro atoms. The summed E-state index contributed by atoms with van der Waals surface area (Å²) in [6.45, 7) is 3.78. The summed E-state index contributed by atoms with van der Waals surface area (Å²) in [6.07, 6.45) is -3.20. The third-order valence-electron chi connectivity index (χ3n) is 6.98. The number of alkyl halides is 3. The number of nitrogen functional groups attached to an aromatic ring is 1. The van der Waals surface area contributed by atoms with E-state index in [9.17, 15) is 18.0 Å². The number of hydrogen-bond acceptors (Lipinski definition) is 6. The number of amides is 1. The molecular formula is C25H28F3N3O4. The number of hydrogen-bond donors (Lipinski definition) is 1. The van der Waals surface area contributed by atoms with Crippen LogP contribution in [0.2, 0.25) is 0 Å². The van der Waals surface area contributed by atoms with E-state index in [0.717, 1.165) is 34.5 Å². The zero-order valence-corrected chi connectivity index (χ0v) is 19.5. The van der Waals surface area contributed by atoms with Gasteiger partial charge in [0.1, 0.15) is 23.8 Å². The van der Waals surface area contributed by atoms with Crippen LogP contribution >= 0.6 is 0 Å². The van der Waals surface area contributed by atoms with Gasteiger partial charge in [0, 0.05) is 18.5 Å². The molecule has 0 bridgehead atoms. The molecule has 1 aromatic heterocycles. The first-order valence-electron chi connectivity index (χ1n) is 11.9. The summed E-state index contributed by atoms with van der Waals surface area (Å²) in [5, 5.41) is 0. The number of rotatable bonds is 4. The number of carbonyl (C=O) groups excluding carboxylic acids is 1. The SMILES string of the molecule is CCc1ccc(C(F)(F)F)cc1O[C@H]1CCCN(C(=O)[C@H]2Cc3c(nc(N)c4c3COC4)CO2)C1. The number of ether oxygens (including phenoxy) is 3. The number of nitrogens with two attached hydrogens (primary N) is 1. The molecule has 4 heterocycles. The van der Waals surface area contributed by atoms with Crippen molar-refractivity contribution in [1.29, 1.82) is 0 Å². The number of anilines is 1. The monoisotopic (exact) mass is 491 g/mol. The van der Waals surface area contributed by atoms with Crippen LogP contribution in [0.5, 0.6) is 5.75 Å². The van der Waals surface area contributed by atoms with Crippen LogP contribution in [0, 0.1) is 0 Å². The van der Waals surface area contributed by atoms with Crippen molar-refractivity contribution in [3.63, 3.8) is 0 Å². The first-order chi connectivity index (χ1) is 16.7. The number of benzene rings is 1. The molecule has 2 N–H and O–H groups in total. The van der Waals surface area contributed by atoms with Gasteiger partial charge >= 0.3 is 6.18 Å². The van der Waals surface area contributed by atoms with Gasteiger partial charge in [0.25, 0.3) is 5.91 Å². The van der Waals surface area contributed by atoms with Crippen LogP contribution in [-0.4, -0.2) is 41.1 Å². The molecule has 3 aliphatic heterocycles. The van der Waals surface area contributed by atoms with Crippen molar-refractivity contribution in [3.8, 4) is 5.75 Å². The second kappa shape index (κ2) is 9.31. The van der Waals surface area contributed by atoms with Gasteiger partial charge < -0.3 is 24.8 Å². The topological polar surface area (TPSA) is 86.9 Å². The lowest BCUT2D eigenvalue weighted by molar-refractivity contribution is -0.148. The van der Waals surface area contributed by atoms with Gasteiger partial charge in [-0.05, 0) is 48.1 Å². The molecule has 2 atom stereocenters. The smallest absolute Gasteiger partial charge is 0.416 e. The number of carbonyl (C=O) groups is 1. The lowest BCUT2D eigenvalue weighted by atomic mass is 9.94. The van der Waals surface area contributed by atoms with Crippen LogP contribution in [0.25, 0.3) is 0 Å². The Bertz CT molecular complexity index is 1140. The predicted octanol–water partition coefficient (Wildman–Crippen LogP) is 3.79. The number of fused-ring (bicyclic) bond motifs is 3. The standard InChI is InChI=1S/C25H28F3N3O4/c1-2-14-5-6-15(25(26,27)28)8-21(14)35-16-4-3-7-31(10-16)24(32)22-9-17-18-11-33-12-19(18)23(29)30-20(17)13-34-22/h5-6,8,16,22H,2-4,7,9-13H2,1H3,(H2,29,30)/t16-,22+/m0/s1. The summed E-state index contributed by atoms with van der Waals surface area (Å²) in [5.74, 6) is 0.526. The quantitative estimate of drug-likeness (QED) is 0.701. The summed E-state index contributed by atoms with van der Waals surface area (Å²) in [6, 6.07) is 3.59. The Labute approximate surface area is 201 Å². The largest absolute Gasteiger partial charge is 0.488 e. The molecule has 0 unspecified atom stereocenters. The van der Waals surface area contributed by atoms with Crippen molar-refractivity contribution in [2.75, 3.05) is 18.8 Å². The van der Waals surface area contributed by atoms with Crippen molar-refractivity contribution in [2.45, 2.75) is 70.8 Å². The van der Waals surface area contributed by atoms with Crippen LogP contribution in [0.15, 0.2) is 18.2 Å². The van der Waals surface area contributed by atoms with Crippen LogP contribution in [0.3, 0.4) is 0 Å². The predicted molar refractivity (Wildman–Crippen MR) is 120 cm³/mol. The van der Waals surface area contributed by atoms with Gasteiger partial charge in [-0.15, -0.1) is 0 Å². The van der Waals surface area contributed by atoms with Gasteiger partial charge in [-0.3, -0.25) is 4.79 Å². The molecule has 10 heteroatoms. The molecule has 1 saturated heterocycles. The summed E-state index contributed by atoms with van der Waals surface area (Å²) < 4.78 is 57.1. The fourth-order valence-electron chi connectivity index (χ4n) is 5.07. The minimum atomic E-state index is -4.45. The molecule has 0 saturated carbocycles. The minimum absolute atomic E-state index is 0.145. The van der Waals surface area contributed by atoms with E-state index >= 15 is 0 Å². The Balaban J connectivity index is 1.29. The van der Waals surface area contributed by atoms with Crippen molar-refractivity contribution in [1.82, 2.24) is 9.88 Å². The summed E-state index contributed by atoms with van der Waals surface area (Å²) >= 11 is 0. The maximum Gasteiger partial charge on any atom is 0.416 e. The second-order valence-corrected chi connectivity index (χ2v) is 9.22. The molecule has 7 nitrogen and oxygen atoms in total. The Kier molecular flexibility index (Phi) is 6.35. The van der Waals surface area contributed by atoms with E-state index in [2.05, 4.69) is 4.98 Å². The first-order valence-corrected chi connectivity index (χ1v) is 11.9. The van der Waals surface area contributed by atoms with Crippen molar-refractivity contribution >= 4 is 11.7 Å². The third kappa shape index (κ3) is 4.69. The van der Waals surface area contributed by atoms with Crippen LogP contribution in [-0.2, 0) is 53.1 Å². The van der Waals surface area contributed by atoms with E-state index in [1.54, 1.807) is 4.90 Å². The highest BCUT2D eigenvalue weighted by atomic mass is 19.4. The van der Waals surface area contributed by atoms with E-state index in [1.807, 2.05) is 6.92 Å². The van der Waals surface area contributed by atoms with Gasteiger partial charge in [-0.1, -0.05) is 13.0 Å². The maximum absolute atomic E-state index is 13.4. The Morgan fingerprint density at radius 3 is 2.80 bits per heavy atom. The fourth-order valence-corrected chi connectivity index (χ4v) is 5.07.